The highest BCUT2D eigenvalue weighted by atomic mass is 35.5. The lowest BCUT2D eigenvalue weighted by molar-refractivity contribution is -0.192. The molecule has 27 heavy (non-hydrogen) atoms. The minimum atomic E-state index is -5.08. The number of aliphatic carboxylic acids is 1. The first-order valence-corrected chi connectivity index (χ1v) is 8.42. The first-order chi connectivity index (χ1) is 12.7. The van der Waals surface area contributed by atoms with Crippen LogP contribution in [0.4, 0.5) is 13.2 Å². The summed E-state index contributed by atoms with van der Waals surface area (Å²) in [6.45, 7) is 1.91. The number of nitrogens with one attached hydrogen (secondary N) is 2. The Morgan fingerprint density at radius 2 is 1.81 bits per heavy atom. The molecule has 1 aliphatic heterocycles. The summed E-state index contributed by atoms with van der Waals surface area (Å²) in [5, 5.41) is 15.1. The SMILES string of the molecule is O=C(NC1CCNCC1)c1ccc2cc(Cl)ccc2n1.O=C(O)C(F)(F)F. The number of aromatic nitrogens is 1. The second-order valence-electron chi connectivity index (χ2n) is 5.83. The summed E-state index contributed by atoms with van der Waals surface area (Å²) in [6, 6.07) is 9.33. The topological polar surface area (TPSA) is 91.3 Å². The fourth-order valence-corrected chi connectivity index (χ4v) is 2.63. The van der Waals surface area contributed by atoms with E-state index >= 15 is 0 Å². The first kappa shape index (κ1) is 20.9. The van der Waals surface area contributed by atoms with Crippen molar-refractivity contribution in [3.8, 4) is 0 Å². The Bertz CT molecular complexity index is 824. The molecule has 10 heteroatoms. The Kier molecular flexibility index (Phi) is 6.98. The number of nitrogens with zero attached hydrogens (tertiary/aromatic N) is 1. The summed E-state index contributed by atoms with van der Waals surface area (Å²) in [6.07, 6.45) is -3.15. The largest absolute Gasteiger partial charge is 0.490 e. The van der Waals surface area contributed by atoms with Crippen molar-refractivity contribution in [3.63, 3.8) is 0 Å². The number of amides is 1. The van der Waals surface area contributed by atoms with Gasteiger partial charge in [-0.3, -0.25) is 4.79 Å². The predicted molar refractivity (Wildman–Crippen MR) is 93.8 cm³/mol. The molecule has 0 spiro atoms. The van der Waals surface area contributed by atoms with Crippen LogP contribution in [0.15, 0.2) is 30.3 Å². The zero-order valence-electron chi connectivity index (χ0n) is 14.0. The average Bonchev–Trinajstić information content (AvgIpc) is 2.61. The van der Waals surface area contributed by atoms with E-state index in [0.717, 1.165) is 36.8 Å². The Morgan fingerprint density at radius 3 is 2.41 bits per heavy atom. The number of rotatable bonds is 2. The van der Waals surface area contributed by atoms with Gasteiger partial charge in [0.05, 0.1) is 5.52 Å². The monoisotopic (exact) mass is 403 g/mol. The molecule has 3 N–H and O–H groups in total. The highest BCUT2D eigenvalue weighted by Crippen LogP contribution is 2.18. The zero-order valence-corrected chi connectivity index (χ0v) is 14.8. The van der Waals surface area contributed by atoms with Gasteiger partial charge >= 0.3 is 12.1 Å². The second-order valence-corrected chi connectivity index (χ2v) is 6.27. The van der Waals surface area contributed by atoms with Gasteiger partial charge < -0.3 is 15.7 Å². The Labute approximate surface area is 157 Å². The molecule has 1 aliphatic rings. The molecule has 0 saturated carbocycles. The van der Waals surface area contributed by atoms with Gasteiger partial charge in [-0.25, -0.2) is 9.78 Å². The predicted octanol–water partition coefficient (Wildman–Crippen LogP) is 3.00. The van der Waals surface area contributed by atoms with Crippen molar-refractivity contribution in [3.05, 3.63) is 41.0 Å². The molecular weight excluding hydrogens is 387 g/mol. The number of hydrogen-bond acceptors (Lipinski definition) is 4. The van der Waals surface area contributed by atoms with E-state index in [-0.39, 0.29) is 11.9 Å². The van der Waals surface area contributed by atoms with Crippen molar-refractivity contribution < 1.29 is 27.9 Å². The van der Waals surface area contributed by atoms with E-state index in [4.69, 9.17) is 21.5 Å². The number of carboxylic acids is 1. The van der Waals surface area contributed by atoms with E-state index in [1.165, 1.54) is 0 Å². The lowest BCUT2D eigenvalue weighted by atomic mass is 10.1. The van der Waals surface area contributed by atoms with Gasteiger partial charge in [-0.1, -0.05) is 17.7 Å². The number of halogens is 4. The van der Waals surface area contributed by atoms with E-state index in [9.17, 15) is 18.0 Å². The number of pyridine rings is 1. The van der Waals surface area contributed by atoms with E-state index in [0.29, 0.717) is 10.7 Å². The van der Waals surface area contributed by atoms with Crippen LogP contribution in [0.25, 0.3) is 10.9 Å². The van der Waals surface area contributed by atoms with Crippen molar-refractivity contribution in [1.29, 1.82) is 0 Å². The van der Waals surface area contributed by atoms with Crippen molar-refractivity contribution in [2.75, 3.05) is 13.1 Å². The Hall–Kier alpha value is -2.39. The smallest absolute Gasteiger partial charge is 0.475 e. The van der Waals surface area contributed by atoms with Crippen LogP contribution >= 0.6 is 11.6 Å². The molecule has 1 aromatic carbocycles. The molecule has 0 atom stereocenters. The fourth-order valence-electron chi connectivity index (χ4n) is 2.45. The molecule has 2 aromatic rings. The summed E-state index contributed by atoms with van der Waals surface area (Å²) in [4.78, 5) is 25.5. The van der Waals surface area contributed by atoms with Crippen LogP contribution in [0, 0.1) is 0 Å². The van der Waals surface area contributed by atoms with Gasteiger partial charge in [-0.15, -0.1) is 0 Å². The molecule has 1 aromatic heterocycles. The molecule has 0 aliphatic carbocycles. The fraction of sp³-hybridized carbons (Fsp3) is 0.353. The van der Waals surface area contributed by atoms with E-state index in [1.807, 2.05) is 18.2 Å². The van der Waals surface area contributed by atoms with E-state index in [2.05, 4.69) is 15.6 Å². The third-order valence-corrected chi connectivity index (χ3v) is 4.04. The van der Waals surface area contributed by atoms with E-state index in [1.54, 1.807) is 12.1 Å². The number of fused-ring (bicyclic) bond motifs is 1. The maximum Gasteiger partial charge on any atom is 0.490 e. The van der Waals surface area contributed by atoms with Crippen LogP contribution in [-0.4, -0.2) is 47.3 Å². The van der Waals surface area contributed by atoms with E-state index < -0.39 is 12.1 Å². The molecule has 1 saturated heterocycles. The summed E-state index contributed by atoms with van der Waals surface area (Å²) in [5.41, 5.74) is 1.24. The average molecular weight is 404 g/mol. The van der Waals surface area contributed by atoms with Crippen LogP contribution in [0.5, 0.6) is 0 Å². The maximum atomic E-state index is 12.2. The van der Waals surface area contributed by atoms with Gasteiger partial charge in [0.2, 0.25) is 0 Å². The number of carbonyl (C=O) groups excluding carboxylic acids is 1. The molecule has 3 rings (SSSR count). The van der Waals surface area contributed by atoms with Gasteiger partial charge in [-0.2, -0.15) is 13.2 Å². The third kappa shape index (κ3) is 6.37. The third-order valence-electron chi connectivity index (χ3n) is 3.80. The van der Waals surface area contributed by atoms with Gasteiger partial charge in [0.25, 0.3) is 5.91 Å². The number of hydrogen-bond donors (Lipinski definition) is 3. The molecule has 6 nitrogen and oxygen atoms in total. The summed E-state index contributed by atoms with van der Waals surface area (Å²) < 4.78 is 31.7. The van der Waals surface area contributed by atoms with Crippen molar-refractivity contribution in [1.82, 2.24) is 15.6 Å². The van der Waals surface area contributed by atoms with Crippen LogP contribution in [0.3, 0.4) is 0 Å². The number of piperidine rings is 1. The van der Waals surface area contributed by atoms with Crippen LogP contribution in [0.2, 0.25) is 5.02 Å². The van der Waals surface area contributed by atoms with Crippen LogP contribution < -0.4 is 10.6 Å². The molecule has 1 fully saturated rings. The number of carbonyl (C=O) groups is 2. The van der Waals surface area contributed by atoms with Crippen molar-refractivity contribution in [2.24, 2.45) is 0 Å². The normalized spacial score (nSPS) is 15.0. The zero-order chi connectivity index (χ0) is 20.0. The van der Waals surface area contributed by atoms with Gasteiger partial charge in [0.15, 0.2) is 0 Å². The molecular formula is C17H17ClF3N3O3. The molecule has 1 amide bonds. The minimum Gasteiger partial charge on any atom is -0.475 e. The Morgan fingerprint density at radius 1 is 1.19 bits per heavy atom. The standard InChI is InChI=1S/C15H16ClN3O.C2HF3O2/c16-11-2-4-13-10(9-11)1-3-14(19-13)15(20)18-12-5-7-17-8-6-12;3-2(4,5)1(6)7/h1-4,9,12,17H,5-8H2,(H,18,20);(H,6,7). The molecule has 0 radical (unpaired) electrons. The van der Waals surface area contributed by atoms with Gasteiger partial charge in [0, 0.05) is 16.5 Å². The molecule has 0 bridgehead atoms. The lowest BCUT2D eigenvalue weighted by Gasteiger charge is -2.23. The van der Waals surface area contributed by atoms with Crippen molar-refractivity contribution in [2.45, 2.75) is 25.1 Å². The Balaban J connectivity index is 0.000000321. The summed E-state index contributed by atoms with van der Waals surface area (Å²) in [5.74, 6) is -2.86. The lowest BCUT2D eigenvalue weighted by Crippen LogP contribution is -2.42. The molecule has 2 heterocycles. The first-order valence-electron chi connectivity index (χ1n) is 8.05. The highest BCUT2D eigenvalue weighted by molar-refractivity contribution is 6.31. The number of alkyl halides is 3. The number of benzene rings is 1. The quantitative estimate of drug-likeness (QED) is 0.717. The van der Waals surface area contributed by atoms with Gasteiger partial charge in [-0.05, 0) is 50.2 Å². The molecule has 0 unspecified atom stereocenters. The van der Waals surface area contributed by atoms with Gasteiger partial charge in [0.1, 0.15) is 5.69 Å². The van der Waals surface area contributed by atoms with Crippen LogP contribution in [0.1, 0.15) is 23.3 Å². The highest BCUT2D eigenvalue weighted by Gasteiger charge is 2.38. The molecule has 146 valence electrons. The van der Waals surface area contributed by atoms with Crippen molar-refractivity contribution >= 4 is 34.4 Å². The summed E-state index contributed by atoms with van der Waals surface area (Å²) in [7, 11) is 0. The second kappa shape index (κ2) is 9.01. The number of carboxylic acid groups (broad SMARTS) is 1. The summed E-state index contributed by atoms with van der Waals surface area (Å²) >= 11 is 5.94. The minimum absolute atomic E-state index is 0.103. The maximum absolute atomic E-state index is 12.2. The van der Waals surface area contributed by atoms with Crippen LogP contribution in [-0.2, 0) is 4.79 Å².